The molecule has 0 aromatic heterocycles. The first kappa shape index (κ1) is 15.9. The van der Waals surface area contributed by atoms with Gasteiger partial charge in [-0.2, -0.15) is 0 Å². The molecule has 1 N–H and O–H groups in total. The van der Waals surface area contributed by atoms with Gasteiger partial charge >= 0.3 is 5.97 Å². The van der Waals surface area contributed by atoms with Gasteiger partial charge in [-0.05, 0) is 36.7 Å². The minimum Gasteiger partial charge on any atom is -0.508 e. The van der Waals surface area contributed by atoms with Crippen molar-refractivity contribution < 1.29 is 14.6 Å². The summed E-state index contributed by atoms with van der Waals surface area (Å²) in [4.78, 5) is 12.2. The van der Waals surface area contributed by atoms with Crippen LogP contribution in [-0.4, -0.2) is 17.2 Å². The summed E-state index contributed by atoms with van der Waals surface area (Å²) in [5, 5.41) is 9.74. The Hall–Kier alpha value is -1.51. The van der Waals surface area contributed by atoms with Crippen LogP contribution in [0.1, 0.15) is 45.6 Å². The molecule has 1 aliphatic carbocycles. The van der Waals surface area contributed by atoms with Crippen LogP contribution in [0.5, 0.6) is 5.75 Å². The van der Waals surface area contributed by atoms with Crippen LogP contribution in [0.4, 0.5) is 0 Å². The zero-order chi connectivity index (χ0) is 15.4. The molecule has 3 atom stereocenters. The molecule has 3 heteroatoms. The molecular weight excluding hydrogens is 264 g/mol. The van der Waals surface area contributed by atoms with Crippen molar-refractivity contribution in [2.75, 3.05) is 0 Å². The third kappa shape index (κ3) is 4.23. The first-order chi connectivity index (χ1) is 9.97. The Balaban J connectivity index is 1.98. The number of rotatable bonds is 4. The van der Waals surface area contributed by atoms with Crippen molar-refractivity contribution in [2.45, 2.75) is 52.6 Å². The van der Waals surface area contributed by atoms with E-state index in [2.05, 4.69) is 20.8 Å². The molecular formula is C18H26O3. The Morgan fingerprint density at radius 3 is 2.71 bits per heavy atom. The van der Waals surface area contributed by atoms with Gasteiger partial charge in [0.15, 0.2) is 0 Å². The summed E-state index contributed by atoms with van der Waals surface area (Å²) >= 11 is 0. The van der Waals surface area contributed by atoms with E-state index < -0.39 is 0 Å². The zero-order valence-corrected chi connectivity index (χ0v) is 13.2. The number of esters is 1. The van der Waals surface area contributed by atoms with Crippen molar-refractivity contribution in [3.63, 3.8) is 0 Å². The number of carbonyl (C=O) groups excluding carboxylic acids is 1. The minimum atomic E-state index is -0.235. The van der Waals surface area contributed by atoms with Gasteiger partial charge < -0.3 is 9.84 Å². The quantitative estimate of drug-likeness (QED) is 0.854. The molecule has 1 aliphatic rings. The topological polar surface area (TPSA) is 46.5 Å². The molecule has 3 unspecified atom stereocenters. The number of aromatic hydroxyl groups is 1. The van der Waals surface area contributed by atoms with Gasteiger partial charge in [0.25, 0.3) is 0 Å². The van der Waals surface area contributed by atoms with Gasteiger partial charge in [-0.15, -0.1) is 0 Å². The second-order valence-electron chi connectivity index (χ2n) is 6.66. The fraction of sp³-hybridized carbons (Fsp3) is 0.611. The van der Waals surface area contributed by atoms with Gasteiger partial charge in [0.1, 0.15) is 11.9 Å². The van der Waals surface area contributed by atoms with E-state index in [9.17, 15) is 9.90 Å². The number of carbonyl (C=O) groups is 1. The van der Waals surface area contributed by atoms with Crippen molar-refractivity contribution in [1.82, 2.24) is 0 Å². The van der Waals surface area contributed by atoms with Crippen LogP contribution >= 0.6 is 0 Å². The van der Waals surface area contributed by atoms with Gasteiger partial charge in [0, 0.05) is 5.56 Å². The second-order valence-corrected chi connectivity index (χ2v) is 6.66. The van der Waals surface area contributed by atoms with Crippen LogP contribution in [0.2, 0.25) is 0 Å². The molecule has 1 aromatic carbocycles. The third-order valence-electron chi connectivity index (χ3n) is 4.57. The number of phenolic OH excluding ortho intramolecular Hbond substituents is 1. The van der Waals surface area contributed by atoms with E-state index in [0.29, 0.717) is 23.3 Å². The fourth-order valence-corrected chi connectivity index (χ4v) is 3.28. The summed E-state index contributed by atoms with van der Waals surface area (Å²) in [7, 11) is 0. The average molecular weight is 290 g/mol. The van der Waals surface area contributed by atoms with E-state index in [1.807, 2.05) is 6.07 Å². The first-order valence-electron chi connectivity index (χ1n) is 7.93. The van der Waals surface area contributed by atoms with Gasteiger partial charge in [0.2, 0.25) is 0 Å². The Kier molecular flexibility index (Phi) is 5.27. The van der Waals surface area contributed by atoms with Crippen molar-refractivity contribution in [3.05, 3.63) is 29.8 Å². The maximum absolute atomic E-state index is 12.2. The Morgan fingerprint density at radius 2 is 2.05 bits per heavy atom. The third-order valence-corrected chi connectivity index (χ3v) is 4.57. The SMILES string of the molecule is CC1CCC(C(C)C)C(OC(=O)Cc2ccccc2O)C1. The molecule has 1 saturated carbocycles. The smallest absolute Gasteiger partial charge is 0.310 e. The Bertz CT molecular complexity index is 481. The molecule has 1 aromatic rings. The monoisotopic (exact) mass is 290 g/mol. The van der Waals surface area contributed by atoms with Crippen LogP contribution in [0.15, 0.2) is 24.3 Å². The molecule has 0 aliphatic heterocycles. The maximum atomic E-state index is 12.2. The summed E-state index contributed by atoms with van der Waals surface area (Å²) < 4.78 is 5.74. The van der Waals surface area contributed by atoms with Crippen molar-refractivity contribution in [3.8, 4) is 5.75 Å². The molecule has 0 radical (unpaired) electrons. The van der Waals surface area contributed by atoms with Crippen LogP contribution in [0.25, 0.3) is 0 Å². The lowest BCUT2D eigenvalue weighted by Gasteiger charge is -2.36. The summed E-state index contributed by atoms with van der Waals surface area (Å²) in [6.45, 7) is 6.62. The number of para-hydroxylation sites is 1. The molecule has 0 heterocycles. The predicted molar refractivity (Wildman–Crippen MR) is 83.0 cm³/mol. The summed E-state index contributed by atoms with van der Waals surface area (Å²) in [5.41, 5.74) is 0.632. The average Bonchev–Trinajstić information content (AvgIpc) is 2.41. The van der Waals surface area contributed by atoms with Crippen molar-refractivity contribution in [1.29, 1.82) is 0 Å². The number of benzene rings is 1. The van der Waals surface area contributed by atoms with Gasteiger partial charge in [-0.25, -0.2) is 0 Å². The summed E-state index contributed by atoms with van der Waals surface area (Å²) in [5.74, 6) is 1.52. The summed E-state index contributed by atoms with van der Waals surface area (Å²) in [6, 6.07) is 6.94. The largest absolute Gasteiger partial charge is 0.508 e. The highest BCUT2D eigenvalue weighted by molar-refractivity contribution is 5.73. The van der Waals surface area contributed by atoms with Crippen molar-refractivity contribution >= 4 is 5.97 Å². The van der Waals surface area contributed by atoms with Crippen molar-refractivity contribution in [2.24, 2.45) is 17.8 Å². The van der Waals surface area contributed by atoms with E-state index in [4.69, 9.17) is 4.74 Å². The second kappa shape index (κ2) is 6.97. The fourth-order valence-electron chi connectivity index (χ4n) is 3.28. The van der Waals surface area contributed by atoms with Gasteiger partial charge in [-0.3, -0.25) is 4.79 Å². The normalized spacial score (nSPS) is 25.8. The highest BCUT2D eigenvalue weighted by Gasteiger charge is 2.33. The Labute approximate surface area is 127 Å². The number of hydrogen-bond donors (Lipinski definition) is 1. The molecule has 0 spiro atoms. The molecule has 116 valence electrons. The molecule has 21 heavy (non-hydrogen) atoms. The first-order valence-corrected chi connectivity index (χ1v) is 7.93. The predicted octanol–water partition coefficient (Wildman–Crippen LogP) is 3.94. The van der Waals surface area contributed by atoms with E-state index >= 15 is 0 Å². The highest BCUT2D eigenvalue weighted by atomic mass is 16.5. The summed E-state index contributed by atoms with van der Waals surface area (Å²) in [6.07, 6.45) is 3.47. The molecule has 2 rings (SSSR count). The maximum Gasteiger partial charge on any atom is 0.310 e. The van der Waals surface area contributed by atoms with Crippen LogP contribution in [-0.2, 0) is 16.0 Å². The zero-order valence-electron chi connectivity index (χ0n) is 13.2. The van der Waals surface area contributed by atoms with E-state index in [1.54, 1.807) is 18.2 Å². The van der Waals surface area contributed by atoms with E-state index in [0.717, 1.165) is 12.8 Å². The van der Waals surface area contributed by atoms with Crippen LogP contribution in [0, 0.1) is 17.8 Å². The van der Waals surface area contributed by atoms with Crippen LogP contribution in [0.3, 0.4) is 0 Å². The molecule has 0 bridgehead atoms. The van der Waals surface area contributed by atoms with E-state index in [1.165, 1.54) is 6.42 Å². The number of hydrogen-bond acceptors (Lipinski definition) is 3. The number of ether oxygens (including phenoxy) is 1. The van der Waals surface area contributed by atoms with E-state index in [-0.39, 0.29) is 24.2 Å². The molecule has 3 nitrogen and oxygen atoms in total. The van der Waals surface area contributed by atoms with Gasteiger partial charge in [-0.1, -0.05) is 45.4 Å². The molecule has 0 saturated heterocycles. The number of phenols is 1. The molecule has 1 fully saturated rings. The molecule has 0 amide bonds. The lowest BCUT2D eigenvalue weighted by atomic mass is 9.75. The van der Waals surface area contributed by atoms with Gasteiger partial charge in [0.05, 0.1) is 6.42 Å². The standard InChI is InChI=1S/C18H26O3/c1-12(2)15-9-8-13(3)10-17(15)21-18(20)11-14-6-4-5-7-16(14)19/h4-7,12-13,15,17,19H,8-11H2,1-3H3. The lowest BCUT2D eigenvalue weighted by Crippen LogP contribution is -2.36. The Morgan fingerprint density at radius 1 is 1.33 bits per heavy atom. The lowest BCUT2D eigenvalue weighted by molar-refractivity contribution is -0.155. The highest BCUT2D eigenvalue weighted by Crippen LogP contribution is 2.35. The minimum absolute atomic E-state index is 0.0205. The van der Waals surface area contributed by atoms with Crippen LogP contribution < -0.4 is 0 Å².